The monoisotopic (exact) mass is 490 g/mol. The zero-order chi connectivity index (χ0) is 21.3. The van der Waals surface area contributed by atoms with Crippen LogP contribution in [0.15, 0.2) is 47.1 Å². The van der Waals surface area contributed by atoms with Crippen LogP contribution in [0, 0.1) is 0 Å². The summed E-state index contributed by atoms with van der Waals surface area (Å²) >= 11 is 14.4. The Balaban J connectivity index is 1.43. The molecule has 3 heterocycles. The molecule has 4 rings (SSSR count). The summed E-state index contributed by atoms with van der Waals surface area (Å²) < 4.78 is 46.1. The average Bonchev–Trinajstić information content (AvgIpc) is 3.32. The number of aromatic nitrogens is 4. The predicted molar refractivity (Wildman–Crippen MR) is 110 cm³/mol. The highest BCUT2D eigenvalue weighted by Crippen LogP contribution is 2.33. The molecule has 0 bridgehead atoms. The first-order valence-electron chi connectivity index (χ1n) is 8.35. The molecule has 0 unspecified atom stereocenters. The lowest BCUT2D eigenvalue weighted by Gasteiger charge is -2.08. The number of pyridine rings is 1. The van der Waals surface area contributed by atoms with E-state index in [1.165, 1.54) is 27.5 Å². The molecule has 0 aliphatic heterocycles. The van der Waals surface area contributed by atoms with Crippen LogP contribution in [0.5, 0.6) is 5.75 Å². The molecular formula is C18H11Cl2F3N4OS2. The van der Waals surface area contributed by atoms with Crippen LogP contribution in [0.1, 0.15) is 16.3 Å². The number of thiazole rings is 1. The van der Waals surface area contributed by atoms with Gasteiger partial charge in [0.1, 0.15) is 17.4 Å². The van der Waals surface area contributed by atoms with Gasteiger partial charge >= 0.3 is 6.18 Å². The van der Waals surface area contributed by atoms with Gasteiger partial charge in [-0.15, -0.1) is 21.5 Å². The molecule has 0 aliphatic rings. The minimum atomic E-state index is -4.52. The van der Waals surface area contributed by atoms with E-state index in [2.05, 4.69) is 15.2 Å². The van der Waals surface area contributed by atoms with Crippen molar-refractivity contribution >= 4 is 51.9 Å². The summed E-state index contributed by atoms with van der Waals surface area (Å²) in [6.07, 6.45) is -3.58. The first-order valence-corrected chi connectivity index (χ1v) is 11.0. The molecular weight excluding hydrogens is 480 g/mol. The van der Waals surface area contributed by atoms with Crippen molar-refractivity contribution in [3.63, 3.8) is 0 Å². The highest BCUT2D eigenvalue weighted by molar-refractivity contribution is 7.98. The van der Waals surface area contributed by atoms with E-state index in [9.17, 15) is 13.2 Å². The van der Waals surface area contributed by atoms with Gasteiger partial charge in [0, 0.05) is 22.4 Å². The SMILES string of the molecule is FC(F)(F)c1cc(Cl)c2nnc(SCc3csc(COc4ccc(Cl)cc4)n3)n2c1. The summed E-state index contributed by atoms with van der Waals surface area (Å²) in [4.78, 5) is 4.48. The molecule has 4 aromatic rings. The number of hydrogen-bond donors (Lipinski definition) is 0. The molecule has 30 heavy (non-hydrogen) atoms. The van der Waals surface area contributed by atoms with Gasteiger partial charge in [0.25, 0.3) is 0 Å². The summed E-state index contributed by atoms with van der Waals surface area (Å²) in [5, 5.41) is 11.3. The summed E-state index contributed by atoms with van der Waals surface area (Å²) in [7, 11) is 0. The van der Waals surface area contributed by atoms with Gasteiger partial charge in [0.2, 0.25) is 0 Å². The first kappa shape index (κ1) is 21.2. The minimum absolute atomic E-state index is 0.112. The van der Waals surface area contributed by atoms with Crippen molar-refractivity contribution in [3.8, 4) is 5.75 Å². The fraction of sp³-hybridized carbons (Fsp3) is 0.167. The number of halogens is 5. The molecule has 0 spiro atoms. The number of nitrogens with zero attached hydrogens (tertiary/aromatic N) is 4. The Kier molecular flexibility index (Phi) is 6.10. The minimum Gasteiger partial charge on any atom is -0.486 e. The van der Waals surface area contributed by atoms with Crippen LogP contribution >= 0.6 is 46.3 Å². The zero-order valence-electron chi connectivity index (χ0n) is 14.9. The molecule has 5 nitrogen and oxygen atoms in total. The van der Waals surface area contributed by atoms with Crippen molar-refractivity contribution in [1.82, 2.24) is 19.6 Å². The van der Waals surface area contributed by atoms with E-state index >= 15 is 0 Å². The number of alkyl halides is 3. The number of benzene rings is 1. The van der Waals surface area contributed by atoms with Crippen molar-refractivity contribution in [1.29, 1.82) is 0 Å². The van der Waals surface area contributed by atoms with E-state index in [0.717, 1.165) is 23.0 Å². The molecule has 156 valence electrons. The van der Waals surface area contributed by atoms with Crippen LogP contribution < -0.4 is 4.74 Å². The maximum atomic E-state index is 13.1. The second kappa shape index (κ2) is 8.62. The van der Waals surface area contributed by atoms with Crippen LogP contribution in [0.4, 0.5) is 13.2 Å². The Morgan fingerprint density at radius 1 is 1.13 bits per heavy atom. The lowest BCUT2D eigenvalue weighted by molar-refractivity contribution is -0.137. The van der Waals surface area contributed by atoms with Gasteiger partial charge in [-0.25, -0.2) is 4.98 Å². The van der Waals surface area contributed by atoms with E-state index in [4.69, 9.17) is 27.9 Å². The van der Waals surface area contributed by atoms with Gasteiger partial charge in [-0.1, -0.05) is 35.0 Å². The summed E-state index contributed by atoms with van der Waals surface area (Å²) in [5.74, 6) is 1.09. The number of ether oxygens (including phenoxy) is 1. The normalized spacial score (nSPS) is 11.9. The molecule has 0 aliphatic carbocycles. The van der Waals surface area contributed by atoms with Gasteiger partial charge in [-0.2, -0.15) is 13.2 Å². The van der Waals surface area contributed by atoms with E-state index in [0.29, 0.717) is 28.3 Å². The topological polar surface area (TPSA) is 52.3 Å². The predicted octanol–water partition coefficient (Wildman–Crippen LogP) is 6.38. The Morgan fingerprint density at radius 2 is 1.90 bits per heavy atom. The van der Waals surface area contributed by atoms with Crippen molar-refractivity contribution in [2.45, 2.75) is 23.7 Å². The number of hydrogen-bond acceptors (Lipinski definition) is 6. The van der Waals surface area contributed by atoms with E-state index in [1.54, 1.807) is 24.3 Å². The lowest BCUT2D eigenvalue weighted by Crippen LogP contribution is -2.07. The second-order valence-electron chi connectivity index (χ2n) is 6.01. The fourth-order valence-corrected chi connectivity index (χ4v) is 4.47. The molecule has 0 fully saturated rings. The van der Waals surface area contributed by atoms with E-state index in [-0.39, 0.29) is 10.7 Å². The van der Waals surface area contributed by atoms with Crippen molar-refractivity contribution in [2.75, 3.05) is 0 Å². The molecule has 0 radical (unpaired) electrons. The number of thioether (sulfide) groups is 1. The molecule has 0 saturated carbocycles. The van der Waals surface area contributed by atoms with Gasteiger partial charge < -0.3 is 4.74 Å². The third kappa shape index (κ3) is 4.83. The lowest BCUT2D eigenvalue weighted by atomic mass is 10.3. The van der Waals surface area contributed by atoms with Crippen molar-refractivity contribution in [2.24, 2.45) is 0 Å². The zero-order valence-corrected chi connectivity index (χ0v) is 18.0. The van der Waals surface area contributed by atoms with Gasteiger partial charge in [-0.05, 0) is 30.3 Å². The summed E-state index contributed by atoms with van der Waals surface area (Å²) in [6.45, 7) is 0.301. The van der Waals surface area contributed by atoms with E-state index < -0.39 is 11.7 Å². The molecule has 0 amide bonds. The molecule has 0 N–H and O–H groups in total. The molecule has 3 aromatic heterocycles. The summed E-state index contributed by atoms with van der Waals surface area (Å²) in [6, 6.07) is 7.85. The number of rotatable bonds is 6. The molecule has 0 atom stereocenters. The smallest absolute Gasteiger partial charge is 0.417 e. The van der Waals surface area contributed by atoms with Crippen LogP contribution in [-0.2, 0) is 18.5 Å². The maximum absolute atomic E-state index is 13.1. The van der Waals surface area contributed by atoms with Crippen LogP contribution in [0.3, 0.4) is 0 Å². The molecule has 12 heteroatoms. The second-order valence-corrected chi connectivity index (χ2v) is 8.74. The third-order valence-electron chi connectivity index (χ3n) is 3.88. The standard InChI is InChI=1S/C18H11Cl2F3N4OS2/c19-11-1-3-13(4-2-11)28-7-15-24-12(8-29-15)9-30-17-26-25-16-14(20)5-10(6-27(16)17)18(21,22)23/h1-6,8H,7,9H2. The Morgan fingerprint density at radius 3 is 2.63 bits per heavy atom. The van der Waals surface area contributed by atoms with Crippen LogP contribution in [-0.4, -0.2) is 19.6 Å². The Labute approximate surface area is 186 Å². The van der Waals surface area contributed by atoms with E-state index in [1.807, 2.05) is 5.38 Å². The summed E-state index contributed by atoms with van der Waals surface area (Å²) in [5.41, 5.74) is 0.0639. The largest absolute Gasteiger partial charge is 0.486 e. The Hall–Kier alpha value is -2.01. The highest BCUT2D eigenvalue weighted by atomic mass is 35.5. The average molecular weight is 491 g/mol. The Bertz CT molecular complexity index is 1180. The van der Waals surface area contributed by atoms with Crippen LogP contribution in [0.2, 0.25) is 10.0 Å². The van der Waals surface area contributed by atoms with Crippen molar-refractivity contribution in [3.05, 3.63) is 68.2 Å². The number of fused-ring (bicyclic) bond motifs is 1. The van der Waals surface area contributed by atoms with Gasteiger partial charge in [0.15, 0.2) is 10.8 Å². The molecule has 1 aromatic carbocycles. The third-order valence-corrected chi connectivity index (χ3v) is 6.26. The highest BCUT2D eigenvalue weighted by Gasteiger charge is 2.32. The van der Waals surface area contributed by atoms with Gasteiger partial charge in [0.05, 0.1) is 16.3 Å². The first-order chi connectivity index (χ1) is 14.3. The molecule has 0 saturated heterocycles. The van der Waals surface area contributed by atoms with Crippen molar-refractivity contribution < 1.29 is 17.9 Å². The quantitative estimate of drug-likeness (QED) is 0.293. The maximum Gasteiger partial charge on any atom is 0.417 e. The van der Waals surface area contributed by atoms with Crippen LogP contribution in [0.25, 0.3) is 5.65 Å². The fourth-order valence-electron chi connectivity index (χ4n) is 2.48. The van der Waals surface area contributed by atoms with Gasteiger partial charge in [-0.3, -0.25) is 4.40 Å².